The lowest BCUT2D eigenvalue weighted by atomic mass is 10.1. The van der Waals surface area contributed by atoms with Crippen LogP contribution in [0.5, 0.6) is 5.88 Å². The lowest BCUT2D eigenvalue weighted by Gasteiger charge is -2.22. The van der Waals surface area contributed by atoms with Gasteiger partial charge in [0.2, 0.25) is 5.88 Å². The number of nitriles is 1. The number of nitrogens with zero attached hydrogens (tertiary/aromatic N) is 2. The van der Waals surface area contributed by atoms with Crippen LogP contribution in [0.2, 0.25) is 0 Å². The third kappa shape index (κ3) is 7.62. The van der Waals surface area contributed by atoms with Gasteiger partial charge in [0.05, 0.1) is 5.56 Å². The summed E-state index contributed by atoms with van der Waals surface area (Å²) in [5, 5.41) is 21.5. The van der Waals surface area contributed by atoms with Crippen molar-refractivity contribution in [2.45, 2.75) is 32.4 Å². The number of halogens is 1. The first-order chi connectivity index (χ1) is 8.40. The van der Waals surface area contributed by atoms with E-state index in [0.717, 1.165) is 0 Å². The van der Waals surface area contributed by atoms with Gasteiger partial charge in [0.25, 0.3) is 0 Å². The van der Waals surface area contributed by atoms with Crippen LogP contribution < -0.4 is 10.1 Å². The van der Waals surface area contributed by atoms with Crippen molar-refractivity contribution < 1.29 is 9.84 Å². The fourth-order valence-electron chi connectivity index (χ4n) is 1.20. The van der Waals surface area contributed by atoms with Gasteiger partial charge in [-0.05, 0) is 26.8 Å². The molecular weight excluding hydrogens is 266 g/mol. The quantitative estimate of drug-likeness (QED) is 0.857. The molecule has 0 aliphatic carbocycles. The predicted octanol–water partition coefficient (Wildman–Crippen LogP) is 1.50. The first-order valence-corrected chi connectivity index (χ1v) is 5.83. The molecule has 1 unspecified atom stereocenters. The lowest BCUT2D eigenvalue weighted by molar-refractivity contribution is 0.0977. The van der Waals surface area contributed by atoms with Gasteiger partial charge in [0, 0.05) is 24.3 Å². The van der Waals surface area contributed by atoms with Crippen molar-refractivity contribution >= 4 is 12.4 Å². The fraction of sp³-hybridized carbons (Fsp3) is 0.538. The molecule has 19 heavy (non-hydrogen) atoms. The van der Waals surface area contributed by atoms with E-state index in [-0.39, 0.29) is 24.6 Å². The Labute approximate surface area is 120 Å². The maximum absolute atomic E-state index is 9.71. The van der Waals surface area contributed by atoms with E-state index in [9.17, 15) is 5.11 Å². The SMILES string of the molecule is CC(C)(C)NCC(O)COc1ccc(C#N)cn1.Cl. The van der Waals surface area contributed by atoms with Crippen molar-refractivity contribution in [1.29, 1.82) is 5.26 Å². The zero-order valence-corrected chi connectivity index (χ0v) is 12.2. The number of aliphatic hydroxyl groups is 1. The molecule has 1 heterocycles. The zero-order chi connectivity index (χ0) is 13.6. The van der Waals surface area contributed by atoms with Crippen LogP contribution in [0.15, 0.2) is 18.3 Å². The number of pyridine rings is 1. The van der Waals surface area contributed by atoms with Gasteiger partial charge in [-0.3, -0.25) is 0 Å². The second-order valence-electron chi connectivity index (χ2n) is 5.09. The largest absolute Gasteiger partial charge is 0.475 e. The molecule has 0 spiro atoms. The lowest BCUT2D eigenvalue weighted by Crippen LogP contribution is -2.42. The summed E-state index contributed by atoms with van der Waals surface area (Å²) in [6.07, 6.45) is 0.844. The molecule has 1 aromatic heterocycles. The summed E-state index contributed by atoms with van der Waals surface area (Å²) in [7, 11) is 0. The highest BCUT2D eigenvalue weighted by Crippen LogP contribution is 2.07. The number of ether oxygens (including phenoxy) is 1. The minimum Gasteiger partial charge on any atom is -0.475 e. The van der Waals surface area contributed by atoms with Crippen molar-refractivity contribution in [3.05, 3.63) is 23.9 Å². The molecule has 0 aliphatic heterocycles. The van der Waals surface area contributed by atoms with Gasteiger partial charge in [0.1, 0.15) is 18.8 Å². The predicted molar refractivity (Wildman–Crippen MR) is 75.5 cm³/mol. The number of aliphatic hydroxyl groups excluding tert-OH is 1. The standard InChI is InChI=1S/C13H19N3O2.ClH/c1-13(2,3)16-8-11(17)9-18-12-5-4-10(6-14)7-15-12;/h4-5,7,11,16-17H,8-9H2,1-3H3;1H. The summed E-state index contributed by atoms with van der Waals surface area (Å²) in [6.45, 7) is 6.72. The number of hydrogen-bond donors (Lipinski definition) is 2. The van der Waals surface area contributed by atoms with Crippen molar-refractivity contribution in [1.82, 2.24) is 10.3 Å². The molecule has 5 nitrogen and oxygen atoms in total. The van der Waals surface area contributed by atoms with Crippen molar-refractivity contribution in [3.8, 4) is 11.9 Å². The van der Waals surface area contributed by atoms with Crippen LogP contribution in [-0.2, 0) is 0 Å². The molecule has 0 fully saturated rings. The van der Waals surface area contributed by atoms with E-state index >= 15 is 0 Å². The molecule has 0 amide bonds. The molecule has 6 heteroatoms. The van der Waals surface area contributed by atoms with Crippen LogP contribution >= 0.6 is 12.4 Å². The normalized spacial score (nSPS) is 12.2. The third-order valence-electron chi connectivity index (χ3n) is 2.16. The molecule has 0 radical (unpaired) electrons. The van der Waals surface area contributed by atoms with E-state index in [4.69, 9.17) is 10.00 Å². The minimum atomic E-state index is -0.596. The van der Waals surface area contributed by atoms with Crippen molar-refractivity contribution in [2.24, 2.45) is 0 Å². The summed E-state index contributed by atoms with van der Waals surface area (Å²) in [5.41, 5.74) is 0.450. The number of hydrogen-bond acceptors (Lipinski definition) is 5. The second kappa shape index (κ2) is 7.95. The van der Waals surface area contributed by atoms with Gasteiger partial charge in [-0.1, -0.05) is 0 Å². The third-order valence-corrected chi connectivity index (χ3v) is 2.16. The molecule has 1 aromatic rings. The van der Waals surface area contributed by atoms with Crippen LogP contribution in [-0.4, -0.2) is 34.9 Å². The Balaban J connectivity index is 0.00000324. The van der Waals surface area contributed by atoms with Crippen LogP contribution in [0.3, 0.4) is 0 Å². The smallest absolute Gasteiger partial charge is 0.213 e. The average Bonchev–Trinajstić information content (AvgIpc) is 2.33. The average molecular weight is 286 g/mol. The maximum atomic E-state index is 9.71. The summed E-state index contributed by atoms with van der Waals surface area (Å²) in [5.74, 6) is 0.406. The van der Waals surface area contributed by atoms with Crippen LogP contribution in [0.1, 0.15) is 26.3 Å². The highest BCUT2D eigenvalue weighted by atomic mass is 35.5. The Hall–Kier alpha value is -1.35. The fourth-order valence-corrected chi connectivity index (χ4v) is 1.20. The topological polar surface area (TPSA) is 78.2 Å². The molecule has 0 aliphatic rings. The van der Waals surface area contributed by atoms with E-state index in [1.165, 1.54) is 6.20 Å². The van der Waals surface area contributed by atoms with Gasteiger partial charge in [-0.2, -0.15) is 5.26 Å². The summed E-state index contributed by atoms with van der Waals surface area (Å²) < 4.78 is 5.32. The Kier molecular flexibility index (Phi) is 7.38. The van der Waals surface area contributed by atoms with Gasteiger partial charge < -0.3 is 15.2 Å². The summed E-state index contributed by atoms with van der Waals surface area (Å²) in [4.78, 5) is 3.95. The number of rotatable bonds is 5. The highest BCUT2D eigenvalue weighted by Gasteiger charge is 2.12. The van der Waals surface area contributed by atoms with Gasteiger partial charge >= 0.3 is 0 Å². The van der Waals surface area contributed by atoms with E-state index < -0.39 is 6.10 Å². The number of β-amino-alcohol motifs (C(OH)–C–C–N with tert-alkyl or cyclic N) is 1. The number of aromatic nitrogens is 1. The van der Waals surface area contributed by atoms with Gasteiger partial charge in [-0.25, -0.2) is 4.98 Å². The zero-order valence-electron chi connectivity index (χ0n) is 11.4. The van der Waals surface area contributed by atoms with Crippen molar-refractivity contribution in [2.75, 3.05) is 13.2 Å². The highest BCUT2D eigenvalue weighted by molar-refractivity contribution is 5.85. The molecule has 0 aromatic carbocycles. The Morgan fingerprint density at radius 1 is 1.47 bits per heavy atom. The molecule has 0 bridgehead atoms. The van der Waals surface area contributed by atoms with Gasteiger partial charge in [-0.15, -0.1) is 12.4 Å². The molecule has 1 rings (SSSR count). The monoisotopic (exact) mass is 285 g/mol. The van der Waals surface area contributed by atoms with Crippen LogP contribution in [0.25, 0.3) is 0 Å². The molecule has 0 saturated carbocycles. The maximum Gasteiger partial charge on any atom is 0.213 e. The molecular formula is C13H20ClN3O2. The van der Waals surface area contributed by atoms with Crippen LogP contribution in [0.4, 0.5) is 0 Å². The van der Waals surface area contributed by atoms with E-state index in [2.05, 4.69) is 10.3 Å². The van der Waals surface area contributed by atoms with Crippen molar-refractivity contribution in [3.63, 3.8) is 0 Å². The van der Waals surface area contributed by atoms with E-state index in [0.29, 0.717) is 18.0 Å². The Bertz CT molecular complexity index is 409. The van der Waals surface area contributed by atoms with Gasteiger partial charge in [0.15, 0.2) is 0 Å². The summed E-state index contributed by atoms with van der Waals surface area (Å²) in [6, 6.07) is 5.22. The van der Waals surface area contributed by atoms with E-state index in [1.807, 2.05) is 26.8 Å². The molecule has 1 atom stereocenters. The summed E-state index contributed by atoms with van der Waals surface area (Å²) >= 11 is 0. The molecule has 106 valence electrons. The van der Waals surface area contributed by atoms with Crippen LogP contribution in [0, 0.1) is 11.3 Å². The first kappa shape index (κ1) is 17.6. The first-order valence-electron chi connectivity index (χ1n) is 5.83. The van der Waals surface area contributed by atoms with E-state index in [1.54, 1.807) is 12.1 Å². The number of nitrogens with one attached hydrogen (secondary N) is 1. The Morgan fingerprint density at radius 3 is 2.63 bits per heavy atom. The minimum absolute atomic E-state index is 0. The molecule has 2 N–H and O–H groups in total. The Morgan fingerprint density at radius 2 is 2.16 bits per heavy atom. The second-order valence-corrected chi connectivity index (χ2v) is 5.09. The molecule has 0 saturated heterocycles.